The fraction of sp³-hybridized carbons (Fsp3) is 0.263. The van der Waals surface area contributed by atoms with Gasteiger partial charge < -0.3 is 14.8 Å². The number of ether oxygens (including phenoxy) is 2. The summed E-state index contributed by atoms with van der Waals surface area (Å²) in [5.74, 6) is 1.33. The molecule has 0 amide bonds. The smallest absolute Gasteiger partial charge is 0.246 e. The fourth-order valence-electron chi connectivity index (χ4n) is 2.37. The highest BCUT2D eigenvalue weighted by Gasteiger charge is 2.03. The summed E-state index contributed by atoms with van der Waals surface area (Å²) < 4.78 is 11.9. The number of nitrogens with zero attached hydrogens (tertiary/aromatic N) is 3. The van der Waals surface area contributed by atoms with Crippen molar-refractivity contribution >= 4 is 11.6 Å². The molecule has 25 heavy (non-hydrogen) atoms. The van der Waals surface area contributed by atoms with E-state index in [1.165, 1.54) is 12.8 Å². The zero-order valence-corrected chi connectivity index (χ0v) is 14.3. The number of nitrogens with one attached hydrogen (secondary N) is 1. The third kappa shape index (κ3) is 5.06. The molecule has 1 fully saturated rings. The lowest BCUT2D eigenvalue weighted by atomic mass is 10.3. The molecule has 2 heterocycles. The summed E-state index contributed by atoms with van der Waals surface area (Å²) in [6, 6.07) is 17.5. The van der Waals surface area contributed by atoms with E-state index in [2.05, 4.69) is 15.4 Å². The fourth-order valence-corrected chi connectivity index (χ4v) is 2.37. The van der Waals surface area contributed by atoms with Crippen molar-refractivity contribution in [1.29, 1.82) is 0 Å². The number of rotatable bonds is 4. The van der Waals surface area contributed by atoms with Gasteiger partial charge in [-0.15, -0.1) is 5.10 Å². The number of hydrogen-bond donors (Lipinski definition) is 1. The molecule has 0 radical (unpaired) electrons. The average Bonchev–Trinajstić information content (AvgIpc) is 3.38. The molecule has 130 valence electrons. The Labute approximate surface area is 147 Å². The zero-order valence-electron chi connectivity index (χ0n) is 14.3. The largest absolute Gasteiger partial charge is 0.497 e. The van der Waals surface area contributed by atoms with E-state index in [-0.39, 0.29) is 0 Å². The summed E-state index contributed by atoms with van der Waals surface area (Å²) >= 11 is 0. The van der Waals surface area contributed by atoms with Crippen molar-refractivity contribution in [1.82, 2.24) is 14.8 Å². The number of methoxy groups -OCH3 is 1. The Morgan fingerprint density at radius 3 is 2.52 bits per heavy atom. The maximum atomic E-state index is 5.18. The highest BCUT2D eigenvalue weighted by atomic mass is 16.5. The third-order valence-electron chi connectivity index (χ3n) is 3.67. The van der Waals surface area contributed by atoms with Crippen LogP contribution in [0.25, 0.3) is 5.69 Å². The first kappa shape index (κ1) is 17.0. The van der Waals surface area contributed by atoms with Gasteiger partial charge in [-0.2, -0.15) is 4.98 Å². The topological polar surface area (TPSA) is 61.2 Å². The van der Waals surface area contributed by atoms with E-state index >= 15 is 0 Å². The van der Waals surface area contributed by atoms with Crippen LogP contribution in [0.2, 0.25) is 0 Å². The van der Waals surface area contributed by atoms with Crippen molar-refractivity contribution in [3.05, 3.63) is 60.9 Å². The number of benzene rings is 2. The Kier molecular flexibility index (Phi) is 6.01. The Balaban J connectivity index is 0.000000314. The van der Waals surface area contributed by atoms with Crippen molar-refractivity contribution in [3.8, 4) is 11.4 Å². The van der Waals surface area contributed by atoms with Gasteiger partial charge in [0.05, 0.1) is 12.8 Å². The lowest BCUT2D eigenvalue weighted by Crippen LogP contribution is -1.97. The minimum atomic E-state index is 0.544. The van der Waals surface area contributed by atoms with Gasteiger partial charge in [0.25, 0.3) is 0 Å². The molecule has 1 aromatic heterocycles. The van der Waals surface area contributed by atoms with Crippen LogP contribution in [-0.2, 0) is 4.74 Å². The van der Waals surface area contributed by atoms with E-state index in [9.17, 15) is 0 Å². The molecule has 6 heteroatoms. The van der Waals surface area contributed by atoms with Crippen molar-refractivity contribution in [2.24, 2.45) is 0 Å². The van der Waals surface area contributed by atoms with Crippen LogP contribution < -0.4 is 10.1 Å². The number of hydrogen-bond acceptors (Lipinski definition) is 5. The van der Waals surface area contributed by atoms with E-state index in [1.54, 1.807) is 18.1 Å². The Morgan fingerprint density at radius 2 is 1.84 bits per heavy atom. The van der Waals surface area contributed by atoms with Gasteiger partial charge in [0.2, 0.25) is 5.95 Å². The van der Waals surface area contributed by atoms with E-state index in [4.69, 9.17) is 9.47 Å². The number of para-hydroxylation sites is 1. The van der Waals surface area contributed by atoms with Crippen molar-refractivity contribution in [3.63, 3.8) is 0 Å². The Bertz CT molecular complexity index is 762. The normalized spacial score (nSPS) is 13.0. The van der Waals surface area contributed by atoms with Crippen LogP contribution in [-0.4, -0.2) is 35.1 Å². The molecule has 1 saturated heterocycles. The molecule has 1 aliphatic heterocycles. The van der Waals surface area contributed by atoms with Crippen molar-refractivity contribution < 1.29 is 9.47 Å². The molecule has 1 N–H and O–H groups in total. The molecule has 0 spiro atoms. The number of aromatic nitrogens is 3. The van der Waals surface area contributed by atoms with Crippen LogP contribution >= 0.6 is 0 Å². The first-order valence-corrected chi connectivity index (χ1v) is 8.31. The monoisotopic (exact) mass is 338 g/mol. The second kappa shape index (κ2) is 8.84. The third-order valence-corrected chi connectivity index (χ3v) is 3.67. The van der Waals surface area contributed by atoms with Gasteiger partial charge in [-0.25, -0.2) is 4.68 Å². The van der Waals surface area contributed by atoms with E-state index in [0.29, 0.717) is 5.95 Å². The van der Waals surface area contributed by atoms with Gasteiger partial charge in [-0.1, -0.05) is 24.3 Å². The van der Waals surface area contributed by atoms with E-state index in [0.717, 1.165) is 30.3 Å². The molecule has 6 nitrogen and oxygen atoms in total. The van der Waals surface area contributed by atoms with Gasteiger partial charge in [0.15, 0.2) is 0 Å². The molecule has 0 atom stereocenters. The van der Waals surface area contributed by atoms with Crippen LogP contribution in [0.15, 0.2) is 60.9 Å². The molecule has 1 aliphatic rings. The zero-order chi connectivity index (χ0) is 17.3. The summed E-state index contributed by atoms with van der Waals surface area (Å²) in [6.45, 7) is 2.00. The first-order valence-electron chi connectivity index (χ1n) is 8.31. The highest BCUT2D eigenvalue weighted by Crippen LogP contribution is 2.19. The van der Waals surface area contributed by atoms with Gasteiger partial charge in [-0.05, 0) is 37.1 Å². The molecule has 0 unspecified atom stereocenters. The van der Waals surface area contributed by atoms with Gasteiger partial charge >= 0.3 is 0 Å². The summed E-state index contributed by atoms with van der Waals surface area (Å²) in [5, 5.41) is 7.53. The Hall–Kier alpha value is -2.86. The van der Waals surface area contributed by atoms with Crippen molar-refractivity contribution in [2.45, 2.75) is 12.8 Å². The minimum absolute atomic E-state index is 0.544. The van der Waals surface area contributed by atoms with Gasteiger partial charge in [0.1, 0.15) is 12.1 Å². The predicted octanol–water partition coefficient (Wildman–Crippen LogP) is 3.82. The van der Waals surface area contributed by atoms with Crippen LogP contribution in [0.5, 0.6) is 5.75 Å². The van der Waals surface area contributed by atoms with Crippen LogP contribution in [0.4, 0.5) is 11.6 Å². The highest BCUT2D eigenvalue weighted by molar-refractivity contribution is 5.55. The maximum Gasteiger partial charge on any atom is 0.246 e. The van der Waals surface area contributed by atoms with E-state index < -0.39 is 0 Å². The molecule has 4 rings (SSSR count). The average molecular weight is 338 g/mol. The molecule has 3 aromatic rings. The predicted molar refractivity (Wildman–Crippen MR) is 97.7 cm³/mol. The number of anilines is 2. The van der Waals surface area contributed by atoms with E-state index in [1.807, 2.05) is 54.6 Å². The second-order valence-electron chi connectivity index (χ2n) is 5.52. The SMILES string of the molecule is C1CCOC1.COc1cccc(Nc2ncn(-c3ccccc3)n2)c1. The van der Waals surface area contributed by atoms with Crippen molar-refractivity contribution in [2.75, 3.05) is 25.6 Å². The van der Waals surface area contributed by atoms with Crippen LogP contribution in [0, 0.1) is 0 Å². The summed E-state index contributed by atoms with van der Waals surface area (Å²) in [7, 11) is 1.64. The lowest BCUT2D eigenvalue weighted by Gasteiger charge is -2.04. The quantitative estimate of drug-likeness (QED) is 0.784. The molecular formula is C19H22N4O2. The lowest BCUT2D eigenvalue weighted by molar-refractivity contribution is 0.198. The molecule has 0 saturated carbocycles. The first-order chi connectivity index (χ1) is 12.3. The summed E-state index contributed by atoms with van der Waals surface area (Å²) in [5.41, 5.74) is 1.86. The second-order valence-corrected chi connectivity index (χ2v) is 5.52. The molecule has 0 aliphatic carbocycles. The van der Waals surface area contributed by atoms with Crippen LogP contribution in [0.1, 0.15) is 12.8 Å². The van der Waals surface area contributed by atoms with Gasteiger partial charge in [0, 0.05) is 25.0 Å². The minimum Gasteiger partial charge on any atom is -0.497 e. The van der Waals surface area contributed by atoms with Crippen LogP contribution in [0.3, 0.4) is 0 Å². The molecule has 2 aromatic carbocycles. The molecular weight excluding hydrogens is 316 g/mol. The standard InChI is InChI=1S/C15H14N4O.C4H8O/c1-20-14-9-5-6-12(10-14)17-15-16-11-19(18-15)13-7-3-2-4-8-13;1-2-4-5-3-1/h2-11H,1H3,(H,17,18);1-4H2. The maximum absolute atomic E-state index is 5.18. The Morgan fingerprint density at radius 1 is 1.04 bits per heavy atom. The molecule has 0 bridgehead atoms. The summed E-state index contributed by atoms with van der Waals surface area (Å²) in [4.78, 5) is 4.24. The van der Waals surface area contributed by atoms with Gasteiger partial charge in [-0.3, -0.25) is 0 Å². The summed E-state index contributed by atoms with van der Waals surface area (Å²) in [6.07, 6.45) is 4.23.